The van der Waals surface area contributed by atoms with Gasteiger partial charge in [0.1, 0.15) is 12.1 Å². The maximum Gasteiger partial charge on any atom is 0.257 e. The number of aliphatic hydroxyl groups excluding tert-OH is 1. The Bertz CT molecular complexity index is 740. The molecule has 1 aromatic carbocycles. The molecule has 9 heteroatoms. The van der Waals surface area contributed by atoms with Gasteiger partial charge in [-0.05, 0) is 19.1 Å². The normalized spacial score (nSPS) is 24.6. The van der Waals surface area contributed by atoms with Gasteiger partial charge < -0.3 is 20.2 Å². The highest BCUT2D eigenvalue weighted by molar-refractivity contribution is 5.99. The van der Waals surface area contributed by atoms with Gasteiger partial charge in [0.15, 0.2) is 11.6 Å². The summed E-state index contributed by atoms with van der Waals surface area (Å²) in [4.78, 5) is 39.5. The Morgan fingerprint density at radius 3 is 2.72 bits per heavy atom. The molecule has 134 valence electrons. The number of carbonyl (C=O) groups is 3. The minimum absolute atomic E-state index is 0.0722. The molecule has 1 aromatic rings. The highest BCUT2D eigenvalue weighted by atomic mass is 19.2. The van der Waals surface area contributed by atoms with E-state index in [0.717, 1.165) is 6.07 Å². The number of hydrogen-bond donors (Lipinski definition) is 2. The van der Waals surface area contributed by atoms with Crippen molar-refractivity contribution in [1.29, 1.82) is 0 Å². The van der Waals surface area contributed by atoms with Crippen LogP contribution in [-0.4, -0.2) is 70.4 Å². The van der Waals surface area contributed by atoms with Crippen LogP contribution in [0.15, 0.2) is 18.2 Å². The Morgan fingerprint density at radius 2 is 2.04 bits per heavy atom. The van der Waals surface area contributed by atoms with E-state index in [-0.39, 0.29) is 19.6 Å². The second kappa shape index (κ2) is 6.40. The van der Waals surface area contributed by atoms with Crippen LogP contribution in [0.4, 0.5) is 8.78 Å². The maximum absolute atomic E-state index is 13.8. The van der Waals surface area contributed by atoms with Crippen LogP contribution in [0.25, 0.3) is 0 Å². The molecular weight excluding hydrogens is 336 g/mol. The Morgan fingerprint density at radius 1 is 1.32 bits per heavy atom. The smallest absolute Gasteiger partial charge is 0.257 e. The molecule has 0 radical (unpaired) electrons. The largest absolute Gasteiger partial charge is 0.391 e. The molecule has 0 aliphatic carbocycles. The Labute approximate surface area is 142 Å². The summed E-state index contributed by atoms with van der Waals surface area (Å²) in [6.45, 7) is 1.42. The number of carbonyl (C=O) groups excluding carboxylic acids is 3. The van der Waals surface area contributed by atoms with Crippen LogP contribution in [0.3, 0.4) is 0 Å². The van der Waals surface area contributed by atoms with Crippen LogP contribution in [0.2, 0.25) is 0 Å². The summed E-state index contributed by atoms with van der Waals surface area (Å²) in [7, 11) is 0. The van der Waals surface area contributed by atoms with Crippen molar-refractivity contribution in [3.8, 4) is 0 Å². The molecule has 0 bridgehead atoms. The van der Waals surface area contributed by atoms with E-state index in [1.165, 1.54) is 28.9 Å². The van der Waals surface area contributed by atoms with Gasteiger partial charge in [-0.25, -0.2) is 8.78 Å². The summed E-state index contributed by atoms with van der Waals surface area (Å²) < 4.78 is 27.1. The lowest BCUT2D eigenvalue weighted by Gasteiger charge is -2.45. The van der Waals surface area contributed by atoms with E-state index < -0.39 is 53.1 Å². The minimum Gasteiger partial charge on any atom is -0.391 e. The highest BCUT2D eigenvalue weighted by Crippen LogP contribution is 2.20. The van der Waals surface area contributed by atoms with Crippen LogP contribution in [0, 0.1) is 11.6 Å². The van der Waals surface area contributed by atoms with E-state index in [1.807, 2.05) is 0 Å². The van der Waals surface area contributed by atoms with Crippen molar-refractivity contribution in [3.63, 3.8) is 0 Å². The molecule has 2 fully saturated rings. The number of aliphatic hydroxyl groups is 1. The predicted molar refractivity (Wildman–Crippen MR) is 81.4 cm³/mol. The third kappa shape index (κ3) is 2.95. The summed E-state index contributed by atoms with van der Waals surface area (Å²) >= 11 is 0. The maximum atomic E-state index is 13.8. The van der Waals surface area contributed by atoms with Gasteiger partial charge >= 0.3 is 0 Å². The number of hydrogen-bond acceptors (Lipinski definition) is 4. The van der Waals surface area contributed by atoms with Crippen molar-refractivity contribution in [2.45, 2.75) is 25.1 Å². The van der Waals surface area contributed by atoms with E-state index in [4.69, 9.17) is 0 Å². The van der Waals surface area contributed by atoms with Gasteiger partial charge in [0, 0.05) is 13.1 Å². The first-order chi connectivity index (χ1) is 11.8. The number of nitrogens with one attached hydrogen (secondary N) is 1. The summed E-state index contributed by atoms with van der Waals surface area (Å²) in [5.41, 5.74) is -0.419. The number of rotatable bonds is 2. The summed E-state index contributed by atoms with van der Waals surface area (Å²) in [5, 5.41) is 12.0. The molecule has 2 aliphatic heterocycles. The van der Waals surface area contributed by atoms with Crippen LogP contribution >= 0.6 is 0 Å². The first kappa shape index (κ1) is 17.3. The quantitative estimate of drug-likeness (QED) is 0.750. The first-order valence-electron chi connectivity index (χ1n) is 7.83. The van der Waals surface area contributed by atoms with Gasteiger partial charge in [-0.3, -0.25) is 14.4 Å². The zero-order valence-electron chi connectivity index (χ0n) is 13.4. The Hall–Kier alpha value is -2.55. The second-order valence-corrected chi connectivity index (χ2v) is 6.13. The number of piperazine rings is 2. The minimum atomic E-state index is -1.24. The van der Waals surface area contributed by atoms with Gasteiger partial charge in [-0.1, -0.05) is 6.07 Å². The third-order valence-electron chi connectivity index (χ3n) is 4.48. The number of amides is 3. The van der Waals surface area contributed by atoms with Crippen molar-refractivity contribution in [2.24, 2.45) is 0 Å². The summed E-state index contributed by atoms with van der Waals surface area (Å²) in [6.07, 6.45) is -1.04. The standard InChI is InChI=1S/C16H17F2N3O4/c1-8(22)13-16(25)21-6-5-20(7-11(21)14(23)19-13)15(24)9-3-2-4-10(17)12(9)18/h2-4,8,11,13,22H,5-7H2,1H3,(H,19,23)/t8-,11+,13+/m0/s1. The predicted octanol–water partition coefficient (Wildman–Crippen LogP) is -0.503. The molecule has 3 rings (SSSR count). The fourth-order valence-electron chi connectivity index (χ4n) is 3.11. The third-order valence-corrected chi connectivity index (χ3v) is 4.48. The van der Waals surface area contributed by atoms with Gasteiger partial charge in [0.25, 0.3) is 5.91 Å². The molecule has 2 N–H and O–H groups in total. The molecule has 3 amide bonds. The van der Waals surface area contributed by atoms with E-state index in [1.54, 1.807) is 0 Å². The molecule has 0 aromatic heterocycles. The van der Waals surface area contributed by atoms with Gasteiger partial charge in [-0.15, -0.1) is 0 Å². The van der Waals surface area contributed by atoms with Crippen molar-refractivity contribution >= 4 is 17.7 Å². The van der Waals surface area contributed by atoms with Crippen LogP contribution in [-0.2, 0) is 9.59 Å². The van der Waals surface area contributed by atoms with E-state index >= 15 is 0 Å². The molecule has 2 aliphatic rings. The molecule has 2 heterocycles. The van der Waals surface area contributed by atoms with Crippen LogP contribution in [0.5, 0.6) is 0 Å². The first-order valence-corrected chi connectivity index (χ1v) is 7.83. The fraction of sp³-hybridized carbons (Fsp3) is 0.438. The second-order valence-electron chi connectivity index (χ2n) is 6.13. The lowest BCUT2D eigenvalue weighted by Crippen LogP contribution is -2.71. The average Bonchev–Trinajstić information content (AvgIpc) is 2.59. The van der Waals surface area contributed by atoms with Crippen molar-refractivity contribution in [2.75, 3.05) is 19.6 Å². The fourth-order valence-corrected chi connectivity index (χ4v) is 3.11. The van der Waals surface area contributed by atoms with Crippen LogP contribution in [0.1, 0.15) is 17.3 Å². The van der Waals surface area contributed by atoms with Crippen LogP contribution < -0.4 is 5.32 Å². The SMILES string of the molecule is C[C@H](O)[C@H]1NC(=O)[C@H]2CN(C(=O)c3cccc(F)c3F)CCN2C1=O. The molecule has 0 unspecified atom stereocenters. The summed E-state index contributed by atoms with van der Waals surface area (Å²) in [6, 6.07) is 1.37. The zero-order chi connectivity index (χ0) is 18.3. The Balaban J connectivity index is 1.79. The number of nitrogens with zero attached hydrogens (tertiary/aromatic N) is 2. The number of halogens is 2. The van der Waals surface area contributed by atoms with E-state index in [2.05, 4.69) is 5.32 Å². The molecule has 7 nitrogen and oxygen atoms in total. The molecule has 2 saturated heterocycles. The monoisotopic (exact) mass is 353 g/mol. The number of fused-ring (bicyclic) bond motifs is 1. The lowest BCUT2D eigenvalue weighted by molar-refractivity contribution is -0.155. The topological polar surface area (TPSA) is 89.9 Å². The van der Waals surface area contributed by atoms with E-state index in [0.29, 0.717) is 0 Å². The molecule has 3 atom stereocenters. The molecular formula is C16H17F2N3O4. The molecule has 25 heavy (non-hydrogen) atoms. The van der Waals surface area contributed by atoms with Gasteiger partial charge in [0.2, 0.25) is 11.8 Å². The summed E-state index contributed by atoms with van der Waals surface area (Å²) in [5.74, 6) is -4.04. The Kier molecular flexibility index (Phi) is 4.42. The van der Waals surface area contributed by atoms with Gasteiger partial charge in [-0.2, -0.15) is 0 Å². The molecule has 0 saturated carbocycles. The van der Waals surface area contributed by atoms with Crippen molar-refractivity contribution < 1.29 is 28.3 Å². The van der Waals surface area contributed by atoms with Crippen molar-refractivity contribution in [3.05, 3.63) is 35.4 Å². The lowest BCUT2D eigenvalue weighted by atomic mass is 10.0. The highest BCUT2D eigenvalue weighted by Gasteiger charge is 2.45. The molecule has 0 spiro atoms. The average molecular weight is 353 g/mol. The van der Waals surface area contributed by atoms with Gasteiger partial charge in [0.05, 0.1) is 18.2 Å². The van der Waals surface area contributed by atoms with E-state index in [9.17, 15) is 28.3 Å². The zero-order valence-corrected chi connectivity index (χ0v) is 13.4. The van der Waals surface area contributed by atoms with Crippen molar-refractivity contribution in [1.82, 2.24) is 15.1 Å². The number of benzene rings is 1.